The number of benzene rings is 3. The van der Waals surface area contributed by atoms with Gasteiger partial charge in [0, 0.05) is 16.9 Å². The second-order valence-corrected chi connectivity index (χ2v) is 11.1. The molecule has 0 spiro atoms. The van der Waals surface area contributed by atoms with Gasteiger partial charge in [0.15, 0.2) is 6.10 Å². The SMILES string of the molecule is CSc1cc(NC(=O)N(Cc2ccc(C(=O)NCC(O)C(=O)O)cc2)c2ccc(C3=CCCCC3)cc2)ccc1OC(F)(F)F. The molecule has 0 fully saturated rings. The van der Waals surface area contributed by atoms with E-state index in [1.165, 1.54) is 34.7 Å². The van der Waals surface area contributed by atoms with Gasteiger partial charge in [0.2, 0.25) is 0 Å². The molecular formula is C32H32F3N3O6S. The monoisotopic (exact) mass is 643 g/mol. The fraction of sp³-hybridized carbons (Fsp3) is 0.281. The molecule has 4 rings (SSSR count). The quantitative estimate of drug-likeness (QED) is 0.172. The summed E-state index contributed by atoms with van der Waals surface area (Å²) in [4.78, 5) is 38.5. The summed E-state index contributed by atoms with van der Waals surface area (Å²) in [5, 5.41) is 23.3. The number of rotatable bonds is 11. The lowest BCUT2D eigenvalue weighted by Crippen LogP contribution is -2.36. The molecule has 0 radical (unpaired) electrons. The van der Waals surface area contributed by atoms with Crippen molar-refractivity contribution in [1.29, 1.82) is 0 Å². The Kier molecular flexibility index (Phi) is 11.1. The highest BCUT2D eigenvalue weighted by Crippen LogP contribution is 2.35. The molecule has 3 aromatic rings. The predicted octanol–water partition coefficient (Wildman–Crippen LogP) is 6.68. The van der Waals surface area contributed by atoms with Gasteiger partial charge in [-0.25, -0.2) is 9.59 Å². The number of carboxylic acids is 1. The van der Waals surface area contributed by atoms with Crippen molar-refractivity contribution in [3.8, 4) is 5.75 Å². The summed E-state index contributed by atoms with van der Waals surface area (Å²) in [6.07, 6.45) is 1.48. The minimum absolute atomic E-state index is 0.0815. The second kappa shape index (κ2) is 15.0. The molecule has 0 saturated carbocycles. The standard InChI is InChI=1S/C32H32F3N3O6S/c1-45-28-17-24(13-16-27(28)44-32(33,34)35)37-31(43)38(25-14-11-22(12-15-25)21-5-3-2-4-6-21)19-20-7-9-23(10-8-20)29(40)36-18-26(39)30(41)42/h5,7-17,26,39H,2-4,6,18-19H2,1H3,(H,36,40)(H,37,43)(H,41,42). The number of nitrogens with zero attached hydrogens (tertiary/aromatic N) is 1. The van der Waals surface area contributed by atoms with Crippen LogP contribution in [0.15, 0.2) is 77.7 Å². The van der Waals surface area contributed by atoms with E-state index in [9.17, 15) is 32.7 Å². The molecule has 1 aliphatic rings. The van der Waals surface area contributed by atoms with Crippen LogP contribution in [0.1, 0.15) is 47.2 Å². The Balaban J connectivity index is 1.56. The zero-order chi connectivity index (χ0) is 32.6. The number of aliphatic carboxylic acids is 1. The molecular weight excluding hydrogens is 611 g/mol. The number of aliphatic hydroxyl groups is 1. The van der Waals surface area contributed by atoms with Gasteiger partial charge in [-0.15, -0.1) is 24.9 Å². The van der Waals surface area contributed by atoms with Gasteiger partial charge >= 0.3 is 18.4 Å². The largest absolute Gasteiger partial charge is 0.573 e. The maximum absolute atomic E-state index is 13.6. The van der Waals surface area contributed by atoms with Crippen LogP contribution in [-0.4, -0.2) is 53.4 Å². The Bertz CT molecular complexity index is 1550. The summed E-state index contributed by atoms with van der Waals surface area (Å²) in [5.74, 6) is -2.41. The average Bonchev–Trinajstić information content (AvgIpc) is 3.03. The lowest BCUT2D eigenvalue weighted by molar-refractivity contribution is -0.275. The van der Waals surface area contributed by atoms with Crippen molar-refractivity contribution in [3.05, 3.63) is 89.5 Å². The van der Waals surface area contributed by atoms with E-state index in [-0.39, 0.29) is 28.4 Å². The molecule has 1 atom stereocenters. The number of carbonyl (C=O) groups excluding carboxylic acids is 2. The summed E-state index contributed by atoms with van der Waals surface area (Å²) in [5.41, 5.74) is 4.03. The number of thioether (sulfide) groups is 1. The molecule has 3 amide bonds. The molecule has 0 heterocycles. The molecule has 3 aromatic carbocycles. The smallest absolute Gasteiger partial charge is 0.479 e. The van der Waals surface area contributed by atoms with Gasteiger partial charge in [0.05, 0.1) is 18.0 Å². The van der Waals surface area contributed by atoms with E-state index in [1.54, 1.807) is 18.4 Å². The number of anilines is 2. The van der Waals surface area contributed by atoms with Gasteiger partial charge in [0.1, 0.15) is 5.75 Å². The third-order valence-corrected chi connectivity index (χ3v) is 7.78. The van der Waals surface area contributed by atoms with Crippen LogP contribution in [0.3, 0.4) is 0 Å². The minimum Gasteiger partial charge on any atom is -0.479 e. The van der Waals surface area contributed by atoms with Crippen molar-refractivity contribution in [3.63, 3.8) is 0 Å². The number of amides is 3. The zero-order valence-corrected chi connectivity index (χ0v) is 25.1. The van der Waals surface area contributed by atoms with Crippen molar-refractivity contribution in [1.82, 2.24) is 5.32 Å². The summed E-state index contributed by atoms with van der Waals surface area (Å²) in [6, 6.07) is 17.2. The summed E-state index contributed by atoms with van der Waals surface area (Å²) >= 11 is 1.04. The van der Waals surface area contributed by atoms with E-state index >= 15 is 0 Å². The highest BCUT2D eigenvalue weighted by molar-refractivity contribution is 7.98. The first-order chi connectivity index (χ1) is 21.4. The number of hydrogen-bond donors (Lipinski definition) is 4. The third kappa shape index (κ3) is 9.50. The fourth-order valence-corrected chi connectivity index (χ4v) is 5.26. The number of allylic oxidation sites excluding steroid dienone is 2. The third-order valence-electron chi connectivity index (χ3n) is 7.02. The molecule has 9 nitrogen and oxygen atoms in total. The van der Waals surface area contributed by atoms with E-state index in [4.69, 9.17) is 5.11 Å². The van der Waals surface area contributed by atoms with E-state index < -0.39 is 36.9 Å². The average molecular weight is 644 g/mol. The minimum atomic E-state index is -4.86. The Morgan fingerprint density at radius 3 is 2.33 bits per heavy atom. The molecule has 45 heavy (non-hydrogen) atoms. The van der Waals surface area contributed by atoms with E-state index in [2.05, 4.69) is 21.4 Å². The van der Waals surface area contributed by atoms with Crippen molar-refractivity contribution < 1.29 is 42.5 Å². The van der Waals surface area contributed by atoms with Crippen LogP contribution in [-0.2, 0) is 11.3 Å². The van der Waals surface area contributed by atoms with Gasteiger partial charge in [-0.05, 0) is 91.1 Å². The number of alkyl halides is 3. The van der Waals surface area contributed by atoms with Crippen LogP contribution >= 0.6 is 11.8 Å². The first kappa shape index (κ1) is 33.4. The molecule has 0 aromatic heterocycles. The molecule has 0 saturated heterocycles. The summed E-state index contributed by atoms with van der Waals surface area (Å²) < 4.78 is 42.5. The van der Waals surface area contributed by atoms with Crippen molar-refractivity contribution in [2.45, 2.75) is 49.6 Å². The maximum atomic E-state index is 13.6. The van der Waals surface area contributed by atoms with Gasteiger partial charge in [-0.2, -0.15) is 0 Å². The van der Waals surface area contributed by atoms with Gasteiger partial charge in [-0.3, -0.25) is 9.69 Å². The first-order valence-corrected chi connectivity index (χ1v) is 15.3. The lowest BCUT2D eigenvalue weighted by Gasteiger charge is -2.24. The predicted molar refractivity (Wildman–Crippen MR) is 165 cm³/mol. The Labute approximate surface area is 262 Å². The Morgan fingerprint density at radius 2 is 1.73 bits per heavy atom. The number of nitrogens with one attached hydrogen (secondary N) is 2. The number of hydrogen-bond acceptors (Lipinski definition) is 6. The summed E-state index contributed by atoms with van der Waals surface area (Å²) in [7, 11) is 0. The molecule has 0 aliphatic heterocycles. The van der Waals surface area contributed by atoms with Crippen LogP contribution in [0.2, 0.25) is 0 Å². The van der Waals surface area contributed by atoms with Gasteiger partial charge in [-0.1, -0.05) is 30.3 Å². The van der Waals surface area contributed by atoms with Gasteiger partial charge in [0.25, 0.3) is 5.91 Å². The van der Waals surface area contributed by atoms with Crippen LogP contribution in [0.25, 0.3) is 5.57 Å². The van der Waals surface area contributed by atoms with E-state index in [0.717, 1.165) is 49.1 Å². The number of halogens is 3. The van der Waals surface area contributed by atoms with Crippen LogP contribution in [0, 0.1) is 0 Å². The van der Waals surface area contributed by atoms with Crippen molar-refractivity contribution in [2.24, 2.45) is 0 Å². The fourth-order valence-electron chi connectivity index (χ4n) is 4.70. The van der Waals surface area contributed by atoms with E-state index in [1.807, 2.05) is 24.3 Å². The topological polar surface area (TPSA) is 128 Å². The van der Waals surface area contributed by atoms with Crippen molar-refractivity contribution >= 4 is 46.6 Å². The highest BCUT2D eigenvalue weighted by Gasteiger charge is 2.32. The first-order valence-electron chi connectivity index (χ1n) is 14.0. The second-order valence-electron chi connectivity index (χ2n) is 10.2. The maximum Gasteiger partial charge on any atom is 0.573 e. The Hall–Kier alpha value is -4.49. The molecule has 238 valence electrons. The van der Waals surface area contributed by atoms with Crippen LogP contribution in [0.4, 0.5) is 29.3 Å². The Morgan fingerprint density at radius 1 is 1.02 bits per heavy atom. The number of carbonyl (C=O) groups is 3. The molecule has 1 unspecified atom stereocenters. The lowest BCUT2D eigenvalue weighted by atomic mass is 9.93. The summed E-state index contributed by atoms with van der Waals surface area (Å²) in [6.45, 7) is -0.378. The molecule has 13 heteroatoms. The van der Waals surface area contributed by atoms with E-state index in [0.29, 0.717) is 11.3 Å². The molecule has 4 N–H and O–H groups in total. The van der Waals surface area contributed by atoms with Crippen LogP contribution in [0.5, 0.6) is 5.75 Å². The number of carboxylic acid groups (broad SMARTS) is 1. The number of aliphatic hydroxyl groups excluding tert-OH is 1. The highest BCUT2D eigenvalue weighted by atomic mass is 32.2. The molecule has 1 aliphatic carbocycles. The van der Waals surface area contributed by atoms with Gasteiger partial charge < -0.3 is 25.6 Å². The zero-order valence-electron chi connectivity index (χ0n) is 24.3. The van der Waals surface area contributed by atoms with Crippen molar-refractivity contribution in [2.75, 3.05) is 23.0 Å². The van der Waals surface area contributed by atoms with Crippen LogP contribution < -0.4 is 20.3 Å². The number of ether oxygens (including phenoxy) is 1. The number of urea groups is 1. The normalized spacial score (nSPS) is 13.8. The molecule has 0 bridgehead atoms.